The maximum Gasteiger partial charge on any atom is 0.165 e. The van der Waals surface area contributed by atoms with Crippen molar-refractivity contribution in [2.75, 3.05) is 0 Å². The van der Waals surface area contributed by atoms with Crippen LogP contribution < -0.4 is 0 Å². The van der Waals surface area contributed by atoms with Crippen LogP contribution >= 0.6 is 11.3 Å². The molecule has 0 bridgehead atoms. The minimum absolute atomic E-state index is 0.643. The molecule has 0 unspecified atom stereocenters. The molecule has 0 radical (unpaired) electrons. The molecule has 0 N–H and O–H groups in total. The molecule has 0 atom stereocenters. The van der Waals surface area contributed by atoms with Crippen LogP contribution in [0.4, 0.5) is 0 Å². The molecule has 8 aromatic carbocycles. The second-order valence-corrected chi connectivity index (χ2v) is 13.8. The first-order valence-corrected chi connectivity index (χ1v) is 17.9. The van der Waals surface area contributed by atoms with Gasteiger partial charge in [0.05, 0.1) is 0 Å². The summed E-state index contributed by atoms with van der Waals surface area (Å²) < 4.78 is 2.42. The molecular weight excluding hydrogens is 639 g/mol. The van der Waals surface area contributed by atoms with Crippen molar-refractivity contribution in [1.82, 2.24) is 15.0 Å². The van der Waals surface area contributed by atoms with E-state index in [1.54, 1.807) is 11.3 Å². The van der Waals surface area contributed by atoms with E-state index in [4.69, 9.17) is 15.0 Å². The van der Waals surface area contributed by atoms with Gasteiger partial charge in [-0.25, -0.2) is 15.0 Å². The Bertz CT molecular complexity index is 2930. The fourth-order valence-electron chi connectivity index (χ4n) is 7.31. The van der Waals surface area contributed by atoms with Crippen molar-refractivity contribution < 1.29 is 0 Å². The number of hydrogen-bond acceptors (Lipinski definition) is 4. The van der Waals surface area contributed by atoms with Gasteiger partial charge in [0.2, 0.25) is 0 Å². The molecule has 2 heterocycles. The largest absolute Gasteiger partial charge is 0.208 e. The zero-order chi connectivity index (χ0) is 33.7. The van der Waals surface area contributed by atoms with Crippen molar-refractivity contribution in [1.29, 1.82) is 0 Å². The van der Waals surface area contributed by atoms with Gasteiger partial charge in [0.1, 0.15) is 0 Å². The lowest BCUT2D eigenvalue weighted by molar-refractivity contribution is 1.08. The average Bonchev–Trinajstić information content (AvgIpc) is 3.59. The molecule has 238 valence electrons. The van der Waals surface area contributed by atoms with Gasteiger partial charge < -0.3 is 0 Å². The van der Waals surface area contributed by atoms with Gasteiger partial charge in [0.25, 0.3) is 0 Å². The molecule has 0 saturated carbocycles. The van der Waals surface area contributed by atoms with Gasteiger partial charge in [-0.2, -0.15) is 0 Å². The minimum Gasteiger partial charge on any atom is -0.208 e. The van der Waals surface area contributed by atoms with Crippen molar-refractivity contribution in [3.8, 4) is 56.4 Å². The molecule has 2 aromatic heterocycles. The van der Waals surface area contributed by atoms with Crippen LogP contribution in [0.5, 0.6) is 0 Å². The van der Waals surface area contributed by atoms with Crippen LogP contribution in [0.1, 0.15) is 0 Å². The highest BCUT2D eigenvalue weighted by atomic mass is 32.1. The molecule has 0 saturated heterocycles. The molecule has 0 aliphatic heterocycles. The number of fused-ring (bicyclic) bond motifs is 5. The van der Waals surface area contributed by atoms with E-state index in [0.717, 1.165) is 49.7 Å². The fraction of sp³-hybridized carbons (Fsp3) is 0. The van der Waals surface area contributed by atoms with E-state index in [-0.39, 0.29) is 0 Å². The molecule has 10 aromatic rings. The monoisotopic (exact) mass is 667 g/mol. The molecule has 0 fully saturated rings. The second kappa shape index (κ2) is 12.1. The van der Waals surface area contributed by atoms with Crippen molar-refractivity contribution in [2.45, 2.75) is 0 Å². The highest BCUT2D eigenvalue weighted by Crippen LogP contribution is 2.42. The molecule has 51 heavy (non-hydrogen) atoms. The lowest BCUT2D eigenvalue weighted by Crippen LogP contribution is -2.02. The Kier molecular flexibility index (Phi) is 7.00. The maximum atomic E-state index is 5.41. The summed E-state index contributed by atoms with van der Waals surface area (Å²) in [7, 11) is 0. The predicted molar refractivity (Wildman–Crippen MR) is 215 cm³/mol. The van der Waals surface area contributed by atoms with Gasteiger partial charge >= 0.3 is 0 Å². The zero-order valence-corrected chi connectivity index (χ0v) is 28.3. The predicted octanol–water partition coefficient (Wildman–Crippen LogP) is 12.9. The lowest BCUT2D eigenvalue weighted by Gasteiger charge is -2.16. The summed E-state index contributed by atoms with van der Waals surface area (Å²) in [6, 6.07) is 62.1. The van der Waals surface area contributed by atoms with E-state index >= 15 is 0 Å². The Balaban J connectivity index is 1.29. The van der Waals surface area contributed by atoms with Gasteiger partial charge in [0, 0.05) is 36.9 Å². The Morgan fingerprint density at radius 1 is 0.333 bits per heavy atom. The quantitative estimate of drug-likeness (QED) is 0.183. The van der Waals surface area contributed by atoms with Crippen LogP contribution in [-0.4, -0.2) is 15.0 Å². The number of nitrogens with zero attached hydrogens (tertiary/aromatic N) is 3. The summed E-state index contributed by atoms with van der Waals surface area (Å²) in [5.41, 5.74) is 7.36. The first kappa shape index (κ1) is 29.4. The number of thiophene rings is 1. The Morgan fingerprint density at radius 2 is 0.941 bits per heavy atom. The van der Waals surface area contributed by atoms with E-state index in [2.05, 4.69) is 170 Å². The average molecular weight is 668 g/mol. The van der Waals surface area contributed by atoms with Crippen LogP contribution in [0.3, 0.4) is 0 Å². The van der Waals surface area contributed by atoms with Crippen LogP contribution in [0.15, 0.2) is 176 Å². The van der Waals surface area contributed by atoms with Gasteiger partial charge in [-0.1, -0.05) is 158 Å². The molecule has 10 rings (SSSR count). The summed E-state index contributed by atoms with van der Waals surface area (Å²) in [6.45, 7) is 0. The third-order valence-electron chi connectivity index (χ3n) is 9.75. The summed E-state index contributed by atoms with van der Waals surface area (Å²) in [5.74, 6) is 1.95. The maximum absolute atomic E-state index is 5.41. The zero-order valence-electron chi connectivity index (χ0n) is 27.5. The molecule has 0 aliphatic rings. The SMILES string of the molecule is c1ccc(-c2ccccc2-c2nc(-c3c(-c4ccc5ccccc5c4)ccc4ccccc34)nc(-c3cccc4c3sc3ccccc34)n2)cc1. The lowest BCUT2D eigenvalue weighted by atomic mass is 9.92. The van der Waals surface area contributed by atoms with Crippen LogP contribution in [0, 0.1) is 0 Å². The smallest absolute Gasteiger partial charge is 0.165 e. The molecule has 0 aliphatic carbocycles. The van der Waals surface area contributed by atoms with Crippen molar-refractivity contribution in [3.63, 3.8) is 0 Å². The van der Waals surface area contributed by atoms with Crippen LogP contribution in [0.2, 0.25) is 0 Å². The van der Waals surface area contributed by atoms with E-state index in [1.165, 1.54) is 30.9 Å². The normalized spacial score (nSPS) is 11.5. The molecule has 0 amide bonds. The summed E-state index contributed by atoms with van der Waals surface area (Å²) >= 11 is 1.79. The van der Waals surface area contributed by atoms with Crippen LogP contribution in [-0.2, 0) is 0 Å². The number of aromatic nitrogens is 3. The summed E-state index contributed by atoms with van der Waals surface area (Å²) in [4.78, 5) is 16.1. The van der Waals surface area contributed by atoms with E-state index in [1.807, 2.05) is 6.07 Å². The van der Waals surface area contributed by atoms with Gasteiger partial charge in [-0.15, -0.1) is 11.3 Å². The molecular formula is C47H29N3S. The van der Waals surface area contributed by atoms with E-state index in [0.29, 0.717) is 17.5 Å². The van der Waals surface area contributed by atoms with Crippen LogP contribution in [0.25, 0.3) is 98.1 Å². The van der Waals surface area contributed by atoms with Crippen molar-refractivity contribution in [3.05, 3.63) is 176 Å². The summed E-state index contributed by atoms with van der Waals surface area (Å²) in [5, 5.41) is 7.10. The molecule has 0 spiro atoms. The fourth-order valence-corrected chi connectivity index (χ4v) is 8.52. The topological polar surface area (TPSA) is 38.7 Å². The number of benzene rings is 8. The van der Waals surface area contributed by atoms with E-state index < -0.39 is 0 Å². The minimum atomic E-state index is 0.643. The first-order chi connectivity index (χ1) is 25.3. The Hall–Kier alpha value is -6.49. The number of hydrogen-bond donors (Lipinski definition) is 0. The molecule has 4 heteroatoms. The van der Waals surface area contributed by atoms with Gasteiger partial charge in [0.15, 0.2) is 17.5 Å². The van der Waals surface area contributed by atoms with Crippen molar-refractivity contribution >= 4 is 53.1 Å². The van der Waals surface area contributed by atoms with E-state index in [9.17, 15) is 0 Å². The third kappa shape index (κ3) is 5.08. The Morgan fingerprint density at radius 3 is 1.80 bits per heavy atom. The highest BCUT2D eigenvalue weighted by Gasteiger charge is 2.21. The standard InChI is InChI=1S/C47H29N3S/c1-2-14-31(15-3-1)35-18-8-9-21-40(35)45-48-46(41-23-12-22-39-38-20-10-11-24-42(38)51-44(39)41)50-47(49-45)43-36-19-7-6-16-32(36)27-28-37(43)34-26-25-30-13-4-5-17-33(30)29-34/h1-29H. The summed E-state index contributed by atoms with van der Waals surface area (Å²) in [6.07, 6.45) is 0. The first-order valence-electron chi connectivity index (χ1n) is 17.1. The number of rotatable bonds is 5. The second-order valence-electron chi connectivity index (χ2n) is 12.8. The van der Waals surface area contributed by atoms with Gasteiger partial charge in [-0.3, -0.25) is 0 Å². The third-order valence-corrected chi connectivity index (χ3v) is 11.0. The highest BCUT2D eigenvalue weighted by molar-refractivity contribution is 7.26. The van der Waals surface area contributed by atoms with Crippen molar-refractivity contribution in [2.24, 2.45) is 0 Å². The Labute approximate surface area is 299 Å². The van der Waals surface area contributed by atoms with Gasteiger partial charge in [-0.05, 0) is 62.0 Å². The molecule has 3 nitrogen and oxygen atoms in total.